The first-order chi connectivity index (χ1) is 9.01. The van der Waals surface area contributed by atoms with Crippen LogP contribution in [0.25, 0.3) is 0 Å². The van der Waals surface area contributed by atoms with E-state index in [9.17, 15) is 0 Å². The van der Waals surface area contributed by atoms with Gasteiger partial charge in [0.25, 0.3) is 0 Å². The van der Waals surface area contributed by atoms with Crippen molar-refractivity contribution in [2.45, 2.75) is 59.0 Å². The van der Waals surface area contributed by atoms with Crippen molar-refractivity contribution in [1.29, 1.82) is 0 Å². The first-order valence-electron chi connectivity index (χ1n) is 7.23. The lowest BCUT2D eigenvalue weighted by molar-refractivity contribution is -0.0957. The van der Waals surface area contributed by atoms with E-state index >= 15 is 0 Å². The number of anilines is 1. The molecule has 0 aromatic carbocycles. The lowest BCUT2D eigenvalue weighted by Gasteiger charge is -2.41. The van der Waals surface area contributed by atoms with Gasteiger partial charge in [-0.05, 0) is 44.9 Å². The van der Waals surface area contributed by atoms with Crippen LogP contribution in [0.4, 0.5) is 6.01 Å². The van der Waals surface area contributed by atoms with Crippen molar-refractivity contribution in [2.75, 3.05) is 18.5 Å². The van der Waals surface area contributed by atoms with E-state index in [1.807, 2.05) is 13.8 Å². The zero-order valence-corrected chi connectivity index (χ0v) is 12.5. The Kier molecular flexibility index (Phi) is 4.13. The van der Waals surface area contributed by atoms with Crippen molar-refractivity contribution in [2.24, 2.45) is 5.41 Å². The summed E-state index contributed by atoms with van der Waals surface area (Å²) in [5.41, 5.74) is 0.0241. The molecule has 0 amide bonds. The second-order valence-corrected chi connectivity index (χ2v) is 6.04. The zero-order chi connectivity index (χ0) is 13.9. The molecule has 0 spiro atoms. The fourth-order valence-electron chi connectivity index (χ4n) is 2.67. The Balaban J connectivity index is 2.19. The van der Waals surface area contributed by atoms with Gasteiger partial charge in [-0.2, -0.15) is 4.98 Å². The molecule has 0 radical (unpaired) electrons. The SMILES string of the molecule is CCNc1nc(C2(OCC)CCC(C)(C)CC2)no1. The largest absolute Gasteiger partial charge is 0.367 e. The lowest BCUT2D eigenvalue weighted by atomic mass is 9.70. The standard InChI is InChI=1S/C14H25N3O2/c1-5-15-12-16-11(17-19-12)14(18-6-2)9-7-13(3,4)8-10-14/h5-10H2,1-4H3,(H,15,16,17). The fraction of sp³-hybridized carbons (Fsp3) is 0.857. The number of hydrogen-bond acceptors (Lipinski definition) is 5. The summed E-state index contributed by atoms with van der Waals surface area (Å²) < 4.78 is 11.3. The molecule has 1 aromatic heterocycles. The van der Waals surface area contributed by atoms with Crippen LogP contribution in [0, 0.1) is 5.41 Å². The van der Waals surface area contributed by atoms with Crippen molar-refractivity contribution in [3.8, 4) is 0 Å². The second-order valence-electron chi connectivity index (χ2n) is 6.04. The molecule has 0 bridgehead atoms. The van der Waals surface area contributed by atoms with Gasteiger partial charge in [0.05, 0.1) is 0 Å². The molecule has 5 heteroatoms. The van der Waals surface area contributed by atoms with Gasteiger partial charge < -0.3 is 14.6 Å². The minimum absolute atomic E-state index is 0.360. The van der Waals surface area contributed by atoms with Crippen molar-refractivity contribution in [1.82, 2.24) is 10.1 Å². The predicted octanol–water partition coefficient (Wildman–Crippen LogP) is 3.33. The Bertz CT molecular complexity index is 405. The van der Waals surface area contributed by atoms with E-state index in [-0.39, 0.29) is 5.60 Å². The van der Waals surface area contributed by atoms with Gasteiger partial charge in [-0.15, -0.1) is 0 Å². The fourth-order valence-corrected chi connectivity index (χ4v) is 2.67. The molecule has 1 aromatic rings. The summed E-state index contributed by atoms with van der Waals surface area (Å²) in [4.78, 5) is 4.45. The maximum absolute atomic E-state index is 6.03. The molecule has 1 N–H and O–H groups in total. The molecule has 1 aliphatic carbocycles. The molecular weight excluding hydrogens is 242 g/mol. The van der Waals surface area contributed by atoms with E-state index in [1.54, 1.807) is 0 Å². The Hall–Kier alpha value is -1.10. The van der Waals surface area contributed by atoms with Gasteiger partial charge in [-0.3, -0.25) is 0 Å². The Labute approximate surface area is 115 Å². The maximum atomic E-state index is 6.03. The molecule has 0 unspecified atom stereocenters. The molecule has 1 heterocycles. The van der Waals surface area contributed by atoms with E-state index in [2.05, 4.69) is 29.3 Å². The molecule has 2 rings (SSSR count). The van der Waals surface area contributed by atoms with Crippen LogP contribution in [0.5, 0.6) is 0 Å². The van der Waals surface area contributed by atoms with Crippen LogP contribution in [0.15, 0.2) is 4.52 Å². The number of rotatable bonds is 5. The molecule has 19 heavy (non-hydrogen) atoms. The molecule has 108 valence electrons. The third-order valence-electron chi connectivity index (χ3n) is 3.99. The van der Waals surface area contributed by atoms with E-state index < -0.39 is 0 Å². The topological polar surface area (TPSA) is 60.2 Å². The smallest absolute Gasteiger partial charge is 0.321 e. The van der Waals surface area contributed by atoms with Crippen molar-refractivity contribution >= 4 is 6.01 Å². The van der Waals surface area contributed by atoms with Crippen LogP contribution in [-0.4, -0.2) is 23.3 Å². The average Bonchev–Trinajstić information content (AvgIpc) is 2.82. The summed E-state index contributed by atoms with van der Waals surface area (Å²) >= 11 is 0. The van der Waals surface area contributed by atoms with Crippen molar-refractivity contribution < 1.29 is 9.26 Å². The molecular formula is C14H25N3O2. The van der Waals surface area contributed by atoms with Gasteiger partial charge in [-0.1, -0.05) is 19.0 Å². The summed E-state index contributed by atoms with van der Waals surface area (Å²) in [6.45, 7) is 10.1. The second kappa shape index (κ2) is 5.49. The number of ether oxygens (including phenoxy) is 1. The van der Waals surface area contributed by atoms with Crippen LogP contribution in [0.2, 0.25) is 0 Å². The normalized spacial score (nSPS) is 21.3. The van der Waals surface area contributed by atoms with E-state index in [0.717, 1.165) is 32.2 Å². The summed E-state index contributed by atoms with van der Waals surface area (Å²) in [7, 11) is 0. The van der Waals surface area contributed by atoms with Crippen molar-refractivity contribution in [3.63, 3.8) is 0 Å². The Morgan fingerprint density at radius 2 is 1.89 bits per heavy atom. The first kappa shape index (κ1) is 14.3. The highest BCUT2D eigenvalue weighted by molar-refractivity contribution is 5.20. The summed E-state index contributed by atoms with van der Waals surface area (Å²) in [6.07, 6.45) is 4.16. The number of aromatic nitrogens is 2. The van der Waals surface area contributed by atoms with Crippen molar-refractivity contribution in [3.05, 3.63) is 5.82 Å². The zero-order valence-electron chi connectivity index (χ0n) is 12.5. The summed E-state index contributed by atoms with van der Waals surface area (Å²) in [5.74, 6) is 0.695. The monoisotopic (exact) mass is 267 g/mol. The highest BCUT2D eigenvalue weighted by Crippen LogP contribution is 2.46. The minimum atomic E-state index is -0.360. The van der Waals surface area contributed by atoms with E-state index in [4.69, 9.17) is 9.26 Å². The third kappa shape index (κ3) is 3.08. The van der Waals surface area contributed by atoms with Crippen LogP contribution in [0.1, 0.15) is 59.2 Å². The first-order valence-corrected chi connectivity index (χ1v) is 7.23. The third-order valence-corrected chi connectivity index (χ3v) is 3.99. The highest BCUT2D eigenvalue weighted by atomic mass is 16.5. The number of nitrogens with zero attached hydrogens (tertiary/aromatic N) is 2. The molecule has 5 nitrogen and oxygen atoms in total. The van der Waals surface area contributed by atoms with Gasteiger partial charge in [0.2, 0.25) is 5.82 Å². The molecule has 0 atom stereocenters. The van der Waals surface area contributed by atoms with Gasteiger partial charge in [0.1, 0.15) is 5.60 Å². The predicted molar refractivity (Wildman–Crippen MR) is 74.0 cm³/mol. The van der Waals surface area contributed by atoms with Crippen LogP contribution in [0.3, 0.4) is 0 Å². The number of nitrogens with one attached hydrogen (secondary N) is 1. The highest BCUT2D eigenvalue weighted by Gasteiger charge is 2.43. The summed E-state index contributed by atoms with van der Waals surface area (Å²) in [5, 5.41) is 7.17. The quantitative estimate of drug-likeness (QED) is 0.886. The Morgan fingerprint density at radius 3 is 2.47 bits per heavy atom. The molecule has 1 saturated carbocycles. The van der Waals surface area contributed by atoms with Gasteiger partial charge in [-0.25, -0.2) is 0 Å². The molecule has 0 saturated heterocycles. The number of hydrogen-bond donors (Lipinski definition) is 1. The van der Waals surface area contributed by atoms with E-state index in [1.165, 1.54) is 0 Å². The van der Waals surface area contributed by atoms with Crippen LogP contribution < -0.4 is 5.32 Å². The lowest BCUT2D eigenvalue weighted by Crippen LogP contribution is -2.38. The minimum Gasteiger partial charge on any atom is -0.367 e. The van der Waals surface area contributed by atoms with Crippen LogP contribution in [-0.2, 0) is 10.3 Å². The molecule has 1 aliphatic rings. The summed E-state index contributed by atoms with van der Waals surface area (Å²) in [6, 6.07) is 0.487. The van der Waals surface area contributed by atoms with E-state index in [0.29, 0.717) is 23.9 Å². The maximum Gasteiger partial charge on any atom is 0.321 e. The van der Waals surface area contributed by atoms with Gasteiger partial charge >= 0.3 is 6.01 Å². The Morgan fingerprint density at radius 1 is 1.21 bits per heavy atom. The van der Waals surface area contributed by atoms with Gasteiger partial charge in [0, 0.05) is 13.2 Å². The van der Waals surface area contributed by atoms with Crippen LogP contribution >= 0.6 is 0 Å². The van der Waals surface area contributed by atoms with Gasteiger partial charge in [0.15, 0.2) is 0 Å². The molecule has 0 aliphatic heterocycles. The average molecular weight is 267 g/mol. The molecule has 1 fully saturated rings.